The Morgan fingerprint density at radius 1 is 1.04 bits per heavy atom. The Balaban J connectivity index is 1.94. The zero-order valence-electron chi connectivity index (χ0n) is 13.7. The largest absolute Gasteiger partial charge is 0.493 e. The molecule has 0 aliphatic carbocycles. The van der Waals surface area contributed by atoms with Gasteiger partial charge in [0, 0.05) is 0 Å². The van der Waals surface area contributed by atoms with Crippen LogP contribution in [0.1, 0.15) is 17.5 Å². The monoisotopic (exact) mass is 329 g/mol. The third-order valence-corrected chi connectivity index (χ3v) is 3.43. The molecule has 2 aromatic carbocycles. The predicted molar refractivity (Wildman–Crippen MR) is 89.7 cm³/mol. The van der Waals surface area contributed by atoms with Gasteiger partial charge in [-0.05, 0) is 30.2 Å². The predicted octanol–water partition coefficient (Wildman–Crippen LogP) is 0.581. The van der Waals surface area contributed by atoms with Crippen molar-refractivity contribution in [3.8, 4) is 11.5 Å². The molecule has 0 saturated carbocycles. The minimum Gasteiger partial charge on any atom is -0.493 e. The standard InChI is InChI=1S/C18H20N2O4/c1-22-15-10-9-14(12-16(15)23-2)18(19)20-24-17(21)11-8-13-6-4-3-5-7-13/h3-7,9-10,12H,8,11H2,1-2H3,(H2,19,20)/p+1. The van der Waals surface area contributed by atoms with Crippen molar-refractivity contribution in [3.05, 3.63) is 59.7 Å². The number of methoxy groups -OCH3 is 2. The molecule has 24 heavy (non-hydrogen) atoms. The number of hydrogen-bond acceptors (Lipinski definition) is 4. The maximum Gasteiger partial charge on any atom is 0.357 e. The average molecular weight is 329 g/mol. The molecule has 0 radical (unpaired) electrons. The summed E-state index contributed by atoms with van der Waals surface area (Å²) in [7, 11) is 3.09. The Morgan fingerprint density at radius 2 is 1.75 bits per heavy atom. The van der Waals surface area contributed by atoms with E-state index < -0.39 is 0 Å². The first-order valence-corrected chi connectivity index (χ1v) is 7.48. The van der Waals surface area contributed by atoms with Crippen molar-refractivity contribution in [1.29, 1.82) is 0 Å². The van der Waals surface area contributed by atoms with Gasteiger partial charge >= 0.3 is 11.8 Å². The minimum atomic E-state index is -0.387. The van der Waals surface area contributed by atoms with Crippen LogP contribution in [0.5, 0.6) is 11.5 Å². The van der Waals surface area contributed by atoms with E-state index in [4.69, 9.17) is 20.0 Å². The number of nitrogens with two attached hydrogens (primary N) is 1. The van der Waals surface area contributed by atoms with E-state index in [1.807, 2.05) is 30.3 Å². The molecule has 0 aliphatic heterocycles. The van der Waals surface area contributed by atoms with E-state index in [0.717, 1.165) is 5.56 Å². The lowest BCUT2D eigenvalue weighted by Gasteiger charge is -2.07. The van der Waals surface area contributed by atoms with Crippen molar-refractivity contribution >= 4 is 11.8 Å². The van der Waals surface area contributed by atoms with Crippen LogP contribution in [-0.2, 0) is 16.1 Å². The molecule has 0 atom stereocenters. The molecule has 6 nitrogen and oxygen atoms in total. The van der Waals surface area contributed by atoms with Crippen LogP contribution in [0.25, 0.3) is 0 Å². The Kier molecular flexibility index (Phi) is 6.19. The van der Waals surface area contributed by atoms with Crippen LogP contribution in [0.2, 0.25) is 0 Å². The van der Waals surface area contributed by atoms with Crippen LogP contribution in [0, 0.1) is 0 Å². The van der Waals surface area contributed by atoms with Gasteiger partial charge in [0.1, 0.15) is 0 Å². The van der Waals surface area contributed by atoms with E-state index in [9.17, 15) is 4.79 Å². The first-order chi connectivity index (χ1) is 11.6. The summed E-state index contributed by atoms with van der Waals surface area (Å²) < 4.78 is 10.4. The fourth-order valence-corrected chi connectivity index (χ4v) is 2.12. The SMILES string of the molecule is COc1ccc(C(N)=[NH+]OC(=O)CCc2ccccc2)cc1OC. The molecule has 126 valence electrons. The fourth-order valence-electron chi connectivity index (χ4n) is 2.12. The highest BCUT2D eigenvalue weighted by atomic mass is 16.7. The van der Waals surface area contributed by atoms with Crippen LogP contribution in [0.4, 0.5) is 0 Å². The number of nitrogen functional groups attached to an aromatic ring is 1. The molecule has 6 heteroatoms. The highest BCUT2D eigenvalue weighted by Gasteiger charge is 2.12. The number of carbonyl (C=O) groups excluding carboxylic acids is 1. The van der Waals surface area contributed by atoms with Crippen molar-refractivity contribution in [2.24, 2.45) is 5.73 Å². The molecular formula is C18H21N2O4+. The third kappa shape index (κ3) is 4.74. The van der Waals surface area contributed by atoms with Gasteiger partial charge in [0.05, 0.1) is 26.2 Å². The molecule has 0 amide bonds. The summed E-state index contributed by atoms with van der Waals surface area (Å²) in [4.78, 5) is 16.8. The van der Waals surface area contributed by atoms with Crippen LogP contribution in [0.15, 0.2) is 48.5 Å². The third-order valence-electron chi connectivity index (χ3n) is 3.43. The molecule has 0 bridgehead atoms. The normalized spacial score (nSPS) is 11.0. The summed E-state index contributed by atoms with van der Waals surface area (Å²) >= 11 is 0. The zero-order valence-corrected chi connectivity index (χ0v) is 13.7. The molecule has 0 fully saturated rings. The summed E-state index contributed by atoms with van der Waals surface area (Å²) in [5.74, 6) is 0.954. The number of rotatable bonds is 7. The summed E-state index contributed by atoms with van der Waals surface area (Å²) in [6.45, 7) is 0. The summed E-state index contributed by atoms with van der Waals surface area (Å²) in [5.41, 5.74) is 7.60. The number of amidine groups is 1. The molecule has 0 heterocycles. The lowest BCUT2D eigenvalue weighted by Crippen LogP contribution is -2.75. The molecule has 0 saturated heterocycles. The smallest absolute Gasteiger partial charge is 0.357 e. The Bertz CT molecular complexity index is 714. The van der Waals surface area contributed by atoms with Gasteiger partial charge in [-0.15, -0.1) is 0 Å². The number of hydrogen-bond donors (Lipinski definition) is 2. The van der Waals surface area contributed by atoms with Gasteiger partial charge in [0.25, 0.3) is 0 Å². The molecule has 0 aliphatic rings. The number of ether oxygens (including phenoxy) is 2. The van der Waals surface area contributed by atoms with E-state index in [1.165, 1.54) is 7.11 Å². The molecule has 0 aromatic heterocycles. The maximum absolute atomic E-state index is 11.8. The van der Waals surface area contributed by atoms with Crippen LogP contribution >= 0.6 is 0 Å². The molecule has 0 unspecified atom stereocenters. The van der Waals surface area contributed by atoms with Crippen LogP contribution in [0.3, 0.4) is 0 Å². The van der Waals surface area contributed by atoms with Crippen molar-refractivity contribution in [2.75, 3.05) is 14.2 Å². The summed E-state index contributed by atoms with van der Waals surface area (Å²) in [6, 6.07) is 14.9. The lowest BCUT2D eigenvalue weighted by atomic mass is 10.1. The van der Waals surface area contributed by atoms with E-state index in [2.05, 4.69) is 5.16 Å². The molecule has 3 N–H and O–H groups in total. The quantitative estimate of drug-likeness (QED) is 0.336. The van der Waals surface area contributed by atoms with Gasteiger partial charge in [0.15, 0.2) is 11.5 Å². The second kappa shape index (κ2) is 8.57. The van der Waals surface area contributed by atoms with Crippen LogP contribution in [-0.4, -0.2) is 26.0 Å². The van der Waals surface area contributed by atoms with Crippen molar-refractivity contribution in [2.45, 2.75) is 12.8 Å². The van der Waals surface area contributed by atoms with Gasteiger partial charge in [-0.25, -0.2) is 4.79 Å². The molecular weight excluding hydrogens is 308 g/mol. The van der Waals surface area contributed by atoms with Gasteiger partial charge < -0.3 is 9.47 Å². The number of benzene rings is 2. The van der Waals surface area contributed by atoms with Crippen molar-refractivity contribution in [1.82, 2.24) is 0 Å². The van der Waals surface area contributed by atoms with Crippen LogP contribution < -0.4 is 20.4 Å². The first kappa shape index (κ1) is 17.3. The van der Waals surface area contributed by atoms with E-state index >= 15 is 0 Å². The van der Waals surface area contributed by atoms with E-state index in [0.29, 0.717) is 23.5 Å². The number of carbonyl (C=O) groups is 1. The minimum absolute atomic E-state index is 0.212. The van der Waals surface area contributed by atoms with Crippen molar-refractivity contribution in [3.63, 3.8) is 0 Å². The van der Waals surface area contributed by atoms with Crippen molar-refractivity contribution < 1.29 is 24.3 Å². The zero-order chi connectivity index (χ0) is 17.4. The first-order valence-electron chi connectivity index (χ1n) is 7.48. The fraction of sp³-hybridized carbons (Fsp3) is 0.222. The maximum atomic E-state index is 11.8. The molecule has 0 spiro atoms. The lowest BCUT2D eigenvalue weighted by molar-refractivity contribution is -0.724. The average Bonchev–Trinajstić information content (AvgIpc) is 2.64. The highest BCUT2D eigenvalue weighted by molar-refractivity contribution is 5.93. The summed E-state index contributed by atoms with van der Waals surface area (Å²) in [5, 5.41) is 2.47. The Morgan fingerprint density at radius 3 is 2.42 bits per heavy atom. The van der Waals surface area contributed by atoms with Gasteiger partial charge in [-0.2, -0.15) is 0 Å². The van der Waals surface area contributed by atoms with Gasteiger partial charge in [-0.3, -0.25) is 10.6 Å². The van der Waals surface area contributed by atoms with E-state index in [1.54, 1.807) is 25.3 Å². The second-order valence-corrected chi connectivity index (χ2v) is 5.05. The van der Waals surface area contributed by atoms with Gasteiger partial charge in [0.2, 0.25) is 0 Å². The van der Waals surface area contributed by atoms with Gasteiger partial charge in [-0.1, -0.05) is 35.5 Å². The Hall–Kier alpha value is -3.02. The second-order valence-electron chi connectivity index (χ2n) is 5.05. The topological polar surface area (TPSA) is 84.8 Å². The molecule has 2 aromatic rings. The molecule has 2 rings (SSSR count). The van der Waals surface area contributed by atoms with E-state index in [-0.39, 0.29) is 18.2 Å². The summed E-state index contributed by atoms with van der Waals surface area (Å²) in [6.07, 6.45) is 0.869. The number of nitrogens with one attached hydrogen (secondary N) is 1. The number of aryl methyl sites for hydroxylation is 1. The highest BCUT2D eigenvalue weighted by Crippen LogP contribution is 2.26. The Labute approximate surface area is 140 Å².